The van der Waals surface area contributed by atoms with Gasteiger partial charge in [-0.15, -0.1) is 0 Å². The van der Waals surface area contributed by atoms with Crippen molar-refractivity contribution in [3.8, 4) is 0 Å². The Hall–Kier alpha value is -2.37. The fourth-order valence-corrected chi connectivity index (χ4v) is 3.24. The van der Waals surface area contributed by atoms with E-state index in [1.807, 2.05) is 36.0 Å². The minimum atomic E-state index is -0.184. The molecule has 0 unspecified atom stereocenters. The first-order chi connectivity index (χ1) is 11.7. The van der Waals surface area contributed by atoms with Gasteiger partial charge in [-0.25, -0.2) is 9.48 Å². The number of carbonyl (C=O) groups excluding carboxylic acids is 1. The number of nitrogens with zero attached hydrogens (tertiary/aromatic N) is 3. The molecule has 1 fully saturated rings. The molecule has 1 aliphatic rings. The fraction of sp³-hybridized carbons (Fsp3) is 0.500. The highest BCUT2D eigenvalue weighted by Gasteiger charge is 2.20. The summed E-state index contributed by atoms with van der Waals surface area (Å²) in [5, 5.41) is 10.4. The summed E-state index contributed by atoms with van der Waals surface area (Å²) in [6.45, 7) is 2.54. The number of pyridine rings is 1. The van der Waals surface area contributed by atoms with Gasteiger partial charge < -0.3 is 5.32 Å². The highest BCUT2D eigenvalue weighted by molar-refractivity contribution is 5.88. The molecule has 1 aliphatic carbocycles. The molecule has 24 heavy (non-hydrogen) atoms. The van der Waals surface area contributed by atoms with Gasteiger partial charge in [0.1, 0.15) is 5.82 Å². The zero-order valence-electron chi connectivity index (χ0n) is 14.2. The molecule has 0 radical (unpaired) electrons. The Labute approximate surface area is 142 Å². The van der Waals surface area contributed by atoms with Crippen molar-refractivity contribution in [3.05, 3.63) is 41.9 Å². The van der Waals surface area contributed by atoms with E-state index in [-0.39, 0.29) is 6.03 Å². The van der Waals surface area contributed by atoms with Crippen molar-refractivity contribution in [2.75, 3.05) is 11.9 Å². The van der Waals surface area contributed by atoms with E-state index in [0.717, 1.165) is 36.3 Å². The van der Waals surface area contributed by atoms with Crippen LogP contribution in [0.5, 0.6) is 0 Å². The molecule has 128 valence electrons. The summed E-state index contributed by atoms with van der Waals surface area (Å²) in [5.74, 6) is 0.790. The first kappa shape index (κ1) is 16.5. The molecule has 6 heteroatoms. The van der Waals surface area contributed by atoms with Crippen LogP contribution >= 0.6 is 0 Å². The number of hydrogen-bond acceptors (Lipinski definition) is 3. The molecular formula is C18H25N5O. The average Bonchev–Trinajstić information content (AvgIpc) is 2.97. The molecular weight excluding hydrogens is 302 g/mol. The predicted octanol–water partition coefficient (Wildman–Crippen LogP) is 3.46. The van der Waals surface area contributed by atoms with Gasteiger partial charge in [0.2, 0.25) is 0 Å². The van der Waals surface area contributed by atoms with Crippen LogP contribution in [0.3, 0.4) is 0 Å². The third kappa shape index (κ3) is 4.34. The molecule has 0 aromatic carbocycles. The molecule has 2 N–H and O–H groups in total. The summed E-state index contributed by atoms with van der Waals surface area (Å²) in [4.78, 5) is 16.2. The summed E-state index contributed by atoms with van der Waals surface area (Å²) in [6.07, 6.45) is 10.4. The molecule has 0 atom stereocenters. The number of urea groups is 1. The lowest BCUT2D eigenvalue weighted by Gasteiger charge is -2.24. The van der Waals surface area contributed by atoms with Crippen LogP contribution in [0.1, 0.15) is 49.4 Å². The molecule has 3 rings (SSSR count). The van der Waals surface area contributed by atoms with Gasteiger partial charge in [-0.05, 0) is 37.8 Å². The Balaban J connectivity index is 1.54. The summed E-state index contributed by atoms with van der Waals surface area (Å²) in [5.41, 5.74) is 2.05. The van der Waals surface area contributed by atoms with E-state index in [9.17, 15) is 4.79 Å². The number of anilines is 1. The van der Waals surface area contributed by atoms with Gasteiger partial charge in [0.25, 0.3) is 0 Å². The van der Waals surface area contributed by atoms with Crippen LogP contribution in [0.15, 0.2) is 30.6 Å². The largest absolute Gasteiger partial charge is 0.337 e. The highest BCUT2D eigenvalue weighted by Crippen LogP contribution is 2.30. The van der Waals surface area contributed by atoms with Crippen molar-refractivity contribution in [2.24, 2.45) is 0 Å². The normalized spacial score (nSPS) is 15.2. The monoisotopic (exact) mass is 327 g/mol. The third-order valence-corrected chi connectivity index (χ3v) is 4.44. The summed E-state index contributed by atoms with van der Waals surface area (Å²) in [7, 11) is 0. The zero-order valence-corrected chi connectivity index (χ0v) is 14.2. The molecule has 1 saturated carbocycles. The second kappa shape index (κ2) is 7.95. The molecule has 0 saturated heterocycles. The molecule has 2 aromatic rings. The van der Waals surface area contributed by atoms with Crippen molar-refractivity contribution in [3.63, 3.8) is 0 Å². The van der Waals surface area contributed by atoms with E-state index in [1.54, 1.807) is 6.20 Å². The number of hydrogen-bond donors (Lipinski definition) is 2. The third-order valence-electron chi connectivity index (χ3n) is 4.44. The van der Waals surface area contributed by atoms with Gasteiger partial charge in [-0.1, -0.05) is 25.3 Å². The van der Waals surface area contributed by atoms with Gasteiger partial charge in [0, 0.05) is 25.0 Å². The lowest BCUT2D eigenvalue weighted by molar-refractivity contribution is 0.251. The van der Waals surface area contributed by atoms with Crippen molar-refractivity contribution in [2.45, 2.75) is 51.5 Å². The number of aryl methyl sites for hydroxylation is 1. The maximum atomic E-state index is 12.2. The zero-order chi connectivity index (χ0) is 16.8. The number of amides is 2. The van der Waals surface area contributed by atoms with Crippen molar-refractivity contribution in [1.29, 1.82) is 0 Å². The minimum Gasteiger partial charge on any atom is -0.337 e. The predicted molar refractivity (Wildman–Crippen MR) is 94.0 cm³/mol. The van der Waals surface area contributed by atoms with Gasteiger partial charge in [0.05, 0.1) is 11.7 Å². The molecule has 6 nitrogen and oxygen atoms in total. The molecule has 2 aromatic heterocycles. The lowest BCUT2D eigenvalue weighted by atomic mass is 9.96. The standard InChI is InChI=1S/C18H25N5O/c1-14-12-17(23(22-14)16-7-3-2-4-8-16)21-18(24)20-11-9-15-6-5-10-19-13-15/h5-6,10,12-13,16H,2-4,7-9,11H2,1H3,(H2,20,21,24). The number of aromatic nitrogens is 3. The van der Waals surface area contributed by atoms with E-state index < -0.39 is 0 Å². The van der Waals surface area contributed by atoms with E-state index in [4.69, 9.17) is 0 Å². The van der Waals surface area contributed by atoms with Gasteiger partial charge in [-0.2, -0.15) is 5.10 Å². The Bertz CT molecular complexity index is 661. The van der Waals surface area contributed by atoms with Gasteiger partial charge >= 0.3 is 6.03 Å². The van der Waals surface area contributed by atoms with E-state index in [2.05, 4.69) is 20.7 Å². The van der Waals surface area contributed by atoms with Crippen LogP contribution in [0, 0.1) is 6.92 Å². The van der Waals surface area contributed by atoms with E-state index in [1.165, 1.54) is 19.3 Å². The minimum absolute atomic E-state index is 0.184. The van der Waals surface area contributed by atoms with E-state index >= 15 is 0 Å². The van der Waals surface area contributed by atoms with Crippen molar-refractivity contribution >= 4 is 11.8 Å². The molecule has 0 aliphatic heterocycles. The smallest absolute Gasteiger partial charge is 0.320 e. The first-order valence-corrected chi connectivity index (χ1v) is 8.72. The van der Waals surface area contributed by atoms with Gasteiger partial charge in [-0.3, -0.25) is 10.3 Å². The molecule has 0 spiro atoms. The average molecular weight is 327 g/mol. The molecule has 2 amide bonds. The maximum absolute atomic E-state index is 12.2. The number of carbonyl (C=O) groups is 1. The van der Waals surface area contributed by atoms with Crippen LogP contribution in [0.4, 0.5) is 10.6 Å². The molecule has 0 bridgehead atoms. The van der Waals surface area contributed by atoms with Crippen LogP contribution in [-0.4, -0.2) is 27.3 Å². The summed E-state index contributed by atoms with van der Waals surface area (Å²) in [6, 6.07) is 6.07. The summed E-state index contributed by atoms with van der Waals surface area (Å²) >= 11 is 0. The lowest BCUT2D eigenvalue weighted by Crippen LogP contribution is -2.31. The second-order valence-electron chi connectivity index (χ2n) is 6.40. The number of nitrogens with one attached hydrogen (secondary N) is 2. The van der Waals surface area contributed by atoms with Crippen molar-refractivity contribution in [1.82, 2.24) is 20.1 Å². The van der Waals surface area contributed by atoms with Gasteiger partial charge in [0.15, 0.2) is 0 Å². The van der Waals surface area contributed by atoms with Crippen molar-refractivity contribution < 1.29 is 4.79 Å². The Morgan fingerprint density at radius 3 is 2.92 bits per heavy atom. The maximum Gasteiger partial charge on any atom is 0.320 e. The SMILES string of the molecule is Cc1cc(NC(=O)NCCc2cccnc2)n(C2CCCCC2)n1. The topological polar surface area (TPSA) is 71.8 Å². The quantitative estimate of drug-likeness (QED) is 0.883. The Morgan fingerprint density at radius 1 is 1.33 bits per heavy atom. The van der Waals surface area contributed by atoms with Crippen LogP contribution in [-0.2, 0) is 6.42 Å². The van der Waals surface area contributed by atoms with Crippen LogP contribution in [0.25, 0.3) is 0 Å². The first-order valence-electron chi connectivity index (χ1n) is 8.72. The number of rotatable bonds is 5. The Kier molecular flexibility index (Phi) is 5.46. The second-order valence-corrected chi connectivity index (χ2v) is 6.40. The van der Waals surface area contributed by atoms with Crippen LogP contribution in [0.2, 0.25) is 0 Å². The highest BCUT2D eigenvalue weighted by atomic mass is 16.2. The van der Waals surface area contributed by atoms with E-state index in [0.29, 0.717) is 12.6 Å². The molecule has 2 heterocycles. The Morgan fingerprint density at radius 2 is 2.17 bits per heavy atom. The fourth-order valence-electron chi connectivity index (χ4n) is 3.24. The summed E-state index contributed by atoms with van der Waals surface area (Å²) < 4.78 is 2.00. The van der Waals surface area contributed by atoms with Crippen LogP contribution < -0.4 is 10.6 Å².